The van der Waals surface area contributed by atoms with Crippen LogP contribution >= 0.6 is 31.9 Å². The molecule has 0 saturated heterocycles. The number of ether oxygens (including phenoxy) is 1. The molecule has 0 unspecified atom stereocenters. The summed E-state index contributed by atoms with van der Waals surface area (Å²) >= 11 is 6.16. The number of nitrogens with zero attached hydrogens (tertiary/aromatic N) is 1. The normalized spacial score (nSPS) is 10.0. The van der Waals surface area contributed by atoms with Crippen molar-refractivity contribution in [1.29, 1.82) is 5.26 Å². The lowest BCUT2D eigenvalue weighted by atomic mass is 10.2. The van der Waals surface area contributed by atoms with Crippen LogP contribution in [0.4, 0.5) is 4.39 Å². The first-order valence-corrected chi connectivity index (χ1v) is 7.11. The number of carbonyl (C=O) groups is 1. The van der Waals surface area contributed by atoms with Gasteiger partial charge in [0.2, 0.25) is 0 Å². The summed E-state index contributed by atoms with van der Waals surface area (Å²) in [6, 6.07) is 8.78. The lowest BCUT2D eigenvalue weighted by molar-refractivity contribution is 0.0694. The zero-order chi connectivity index (χ0) is 15.6. The van der Waals surface area contributed by atoms with Gasteiger partial charge in [-0.05, 0) is 46.3 Å². The van der Waals surface area contributed by atoms with E-state index < -0.39 is 11.8 Å². The molecular weight excluding hydrogens is 409 g/mol. The average Bonchev–Trinajstić information content (AvgIpc) is 2.44. The molecule has 0 amide bonds. The summed E-state index contributed by atoms with van der Waals surface area (Å²) in [4.78, 5) is 11.1. The van der Waals surface area contributed by atoms with Crippen LogP contribution in [0.25, 0.3) is 0 Å². The van der Waals surface area contributed by atoms with Gasteiger partial charge in [0.1, 0.15) is 17.4 Å². The Morgan fingerprint density at radius 2 is 1.95 bits per heavy atom. The molecule has 0 aliphatic carbocycles. The van der Waals surface area contributed by atoms with Gasteiger partial charge in [0.25, 0.3) is 0 Å². The van der Waals surface area contributed by atoms with E-state index in [1.54, 1.807) is 6.07 Å². The molecule has 0 saturated carbocycles. The third kappa shape index (κ3) is 3.23. The Kier molecular flexibility index (Phi) is 4.60. The van der Waals surface area contributed by atoms with E-state index in [0.717, 1.165) is 0 Å². The van der Waals surface area contributed by atoms with Gasteiger partial charge in [0.15, 0.2) is 11.6 Å². The predicted molar refractivity (Wildman–Crippen MR) is 80.0 cm³/mol. The van der Waals surface area contributed by atoms with Gasteiger partial charge in [0.05, 0.1) is 10.0 Å². The van der Waals surface area contributed by atoms with Crippen molar-refractivity contribution < 1.29 is 19.0 Å². The molecule has 0 atom stereocenters. The third-order valence-corrected chi connectivity index (χ3v) is 3.83. The SMILES string of the molecule is N#Cc1ccc(Oc2cc(Br)ccc2C(=O)O)c(F)c1Br. The summed E-state index contributed by atoms with van der Waals surface area (Å²) in [6.45, 7) is 0. The summed E-state index contributed by atoms with van der Waals surface area (Å²) in [5.41, 5.74) is 0.0191. The number of rotatable bonds is 3. The van der Waals surface area contributed by atoms with E-state index in [0.29, 0.717) is 4.47 Å². The minimum absolute atomic E-state index is 0.00705. The Morgan fingerprint density at radius 1 is 1.24 bits per heavy atom. The number of hydrogen-bond donors (Lipinski definition) is 1. The highest BCUT2D eigenvalue weighted by molar-refractivity contribution is 9.10. The monoisotopic (exact) mass is 413 g/mol. The summed E-state index contributed by atoms with van der Waals surface area (Å²) < 4.78 is 20.0. The molecule has 2 rings (SSSR count). The molecule has 4 nitrogen and oxygen atoms in total. The lowest BCUT2D eigenvalue weighted by Gasteiger charge is -2.11. The molecule has 0 aromatic heterocycles. The molecule has 1 N–H and O–H groups in total. The second-order valence-corrected chi connectivity index (χ2v) is 5.61. The predicted octanol–water partition coefficient (Wildman–Crippen LogP) is 4.71. The highest BCUT2D eigenvalue weighted by Crippen LogP contribution is 2.34. The highest BCUT2D eigenvalue weighted by atomic mass is 79.9. The van der Waals surface area contributed by atoms with Crippen LogP contribution in [0.1, 0.15) is 15.9 Å². The van der Waals surface area contributed by atoms with Crippen LogP contribution in [-0.2, 0) is 0 Å². The summed E-state index contributed by atoms with van der Waals surface area (Å²) in [5, 5.41) is 17.9. The van der Waals surface area contributed by atoms with Crippen molar-refractivity contribution in [3.63, 3.8) is 0 Å². The molecule has 0 aliphatic heterocycles. The van der Waals surface area contributed by atoms with Gasteiger partial charge in [-0.25, -0.2) is 9.18 Å². The topological polar surface area (TPSA) is 70.3 Å². The van der Waals surface area contributed by atoms with Crippen LogP contribution in [0.3, 0.4) is 0 Å². The van der Waals surface area contributed by atoms with Crippen molar-refractivity contribution >= 4 is 37.8 Å². The number of carboxylic acids is 1. The van der Waals surface area contributed by atoms with Crippen LogP contribution in [0.5, 0.6) is 11.5 Å². The van der Waals surface area contributed by atoms with E-state index in [1.807, 2.05) is 6.07 Å². The Balaban J connectivity index is 2.49. The van der Waals surface area contributed by atoms with E-state index in [1.165, 1.54) is 24.3 Å². The number of aromatic carboxylic acids is 1. The molecule has 0 aliphatic rings. The number of benzene rings is 2. The van der Waals surface area contributed by atoms with Crippen molar-refractivity contribution in [2.45, 2.75) is 0 Å². The zero-order valence-corrected chi connectivity index (χ0v) is 13.4. The van der Waals surface area contributed by atoms with Crippen molar-refractivity contribution in [2.75, 3.05) is 0 Å². The van der Waals surface area contributed by atoms with E-state index in [-0.39, 0.29) is 27.1 Å². The van der Waals surface area contributed by atoms with E-state index in [4.69, 9.17) is 15.1 Å². The second kappa shape index (κ2) is 6.24. The van der Waals surface area contributed by atoms with Crippen molar-refractivity contribution in [3.05, 3.63) is 56.2 Å². The van der Waals surface area contributed by atoms with Crippen molar-refractivity contribution in [3.8, 4) is 17.6 Å². The van der Waals surface area contributed by atoms with Gasteiger partial charge in [-0.1, -0.05) is 15.9 Å². The molecule has 106 valence electrons. The maximum atomic E-state index is 14.1. The fourth-order valence-electron chi connectivity index (χ4n) is 1.57. The van der Waals surface area contributed by atoms with Gasteiger partial charge in [-0.2, -0.15) is 5.26 Å². The fraction of sp³-hybridized carbons (Fsp3) is 0. The molecule has 0 radical (unpaired) electrons. The highest BCUT2D eigenvalue weighted by Gasteiger charge is 2.17. The standard InChI is InChI=1S/C14H6Br2FNO3/c15-8-2-3-9(14(19)20)11(5-8)21-10-4-1-7(6-18)12(16)13(10)17/h1-5H,(H,19,20). The second-order valence-electron chi connectivity index (χ2n) is 3.90. The largest absolute Gasteiger partial charge is 0.478 e. The fourth-order valence-corrected chi connectivity index (χ4v) is 2.33. The lowest BCUT2D eigenvalue weighted by Crippen LogP contribution is -2.01. The molecule has 2 aromatic carbocycles. The van der Waals surface area contributed by atoms with Gasteiger partial charge in [0, 0.05) is 4.47 Å². The molecule has 0 bridgehead atoms. The molecule has 21 heavy (non-hydrogen) atoms. The van der Waals surface area contributed by atoms with Crippen LogP contribution in [0.2, 0.25) is 0 Å². The molecule has 2 aromatic rings. The first-order valence-electron chi connectivity index (χ1n) is 5.53. The average molecular weight is 415 g/mol. The smallest absolute Gasteiger partial charge is 0.339 e. The first kappa shape index (κ1) is 15.5. The molecule has 0 fully saturated rings. The van der Waals surface area contributed by atoms with E-state index >= 15 is 0 Å². The van der Waals surface area contributed by atoms with Crippen LogP contribution in [-0.4, -0.2) is 11.1 Å². The Morgan fingerprint density at radius 3 is 2.57 bits per heavy atom. The molecule has 0 heterocycles. The first-order chi connectivity index (χ1) is 9.93. The number of nitriles is 1. The Bertz CT molecular complexity index is 772. The van der Waals surface area contributed by atoms with E-state index in [9.17, 15) is 9.18 Å². The molecule has 7 heteroatoms. The Hall–Kier alpha value is -1.91. The number of hydrogen-bond acceptors (Lipinski definition) is 3. The zero-order valence-electron chi connectivity index (χ0n) is 10.2. The minimum atomic E-state index is -1.19. The van der Waals surface area contributed by atoms with Gasteiger partial charge < -0.3 is 9.84 Å². The molecular formula is C14H6Br2FNO3. The maximum absolute atomic E-state index is 14.1. The summed E-state index contributed by atoms with van der Waals surface area (Å²) in [6.07, 6.45) is 0. The van der Waals surface area contributed by atoms with Crippen LogP contribution in [0.15, 0.2) is 39.3 Å². The minimum Gasteiger partial charge on any atom is -0.478 e. The quantitative estimate of drug-likeness (QED) is 0.789. The van der Waals surface area contributed by atoms with Crippen molar-refractivity contribution in [2.24, 2.45) is 0 Å². The number of halogens is 3. The van der Waals surface area contributed by atoms with E-state index in [2.05, 4.69) is 31.9 Å². The number of carboxylic acid groups (broad SMARTS) is 1. The Labute approximate surface area is 136 Å². The van der Waals surface area contributed by atoms with Crippen LogP contribution in [0, 0.1) is 17.1 Å². The molecule has 0 spiro atoms. The van der Waals surface area contributed by atoms with Gasteiger partial charge in [-0.3, -0.25) is 0 Å². The summed E-state index contributed by atoms with van der Waals surface area (Å²) in [7, 11) is 0. The third-order valence-electron chi connectivity index (χ3n) is 2.56. The van der Waals surface area contributed by atoms with Gasteiger partial charge in [-0.15, -0.1) is 0 Å². The van der Waals surface area contributed by atoms with Gasteiger partial charge >= 0.3 is 5.97 Å². The maximum Gasteiger partial charge on any atom is 0.339 e. The van der Waals surface area contributed by atoms with Crippen LogP contribution < -0.4 is 4.74 Å². The van der Waals surface area contributed by atoms with Crippen molar-refractivity contribution in [1.82, 2.24) is 0 Å². The summed E-state index contributed by atoms with van der Waals surface area (Å²) in [5.74, 6) is -2.15.